The van der Waals surface area contributed by atoms with Crippen LogP contribution < -0.4 is 0 Å². The molecule has 0 radical (unpaired) electrons. The van der Waals surface area contributed by atoms with Crippen LogP contribution in [0.1, 0.15) is 11.1 Å². The van der Waals surface area contributed by atoms with E-state index in [1.807, 2.05) is 30.2 Å². The molecule has 0 atom stereocenters. The summed E-state index contributed by atoms with van der Waals surface area (Å²) in [5.74, 6) is 0. The highest BCUT2D eigenvalue weighted by molar-refractivity contribution is 5.89. The highest BCUT2D eigenvalue weighted by Crippen LogP contribution is 2.26. The molecule has 0 N–H and O–H groups in total. The van der Waals surface area contributed by atoms with E-state index < -0.39 is 0 Å². The highest BCUT2D eigenvalue weighted by atomic mass is 15.0. The van der Waals surface area contributed by atoms with Crippen molar-refractivity contribution in [2.24, 2.45) is 7.05 Å². The second-order valence-electron chi connectivity index (χ2n) is 4.76. The average Bonchev–Trinajstić information content (AvgIpc) is 2.70. The summed E-state index contributed by atoms with van der Waals surface area (Å²) in [6.45, 7) is 4.21. The van der Waals surface area contributed by atoms with Crippen LogP contribution >= 0.6 is 0 Å². The van der Waals surface area contributed by atoms with E-state index in [2.05, 4.69) is 42.0 Å². The van der Waals surface area contributed by atoms with Gasteiger partial charge in [0.1, 0.15) is 5.52 Å². The van der Waals surface area contributed by atoms with Crippen LogP contribution in [0.4, 0.5) is 0 Å². The number of aromatic nitrogens is 3. The molecule has 0 aliphatic rings. The Bertz CT molecular complexity index is 705. The van der Waals surface area contributed by atoms with Gasteiger partial charge in [-0.3, -0.25) is 4.98 Å². The molecule has 3 rings (SSSR count). The van der Waals surface area contributed by atoms with Gasteiger partial charge in [0.25, 0.3) is 0 Å². The van der Waals surface area contributed by atoms with Gasteiger partial charge in [0.2, 0.25) is 0 Å². The van der Waals surface area contributed by atoms with Crippen LogP contribution in [0, 0.1) is 13.8 Å². The lowest BCUT2D eigenvalue weighted by Crippen LogP contribution is -1.89. The second-order valence-corrected chi connectivity index (χ2v) is 4.76. The van der Waals surface area contributed by atoms with Crippen molar-refractivity contribution in [1.82, 2.24) is 14.5 Å². The van der Waals surface area contributed by atoms with Crippen LogP contribution in [-0.4, -0.2) is 14.5 Å². The van der Waals surface area contributed by atoms with Crippen molar-refractivity contribution < 1.29 is 0 Å². The number of pyridine rings is 1. The van der Waals surface area contributed by atoms with Crippen LogP contribution in [-0.2, 0) is 7.05 Å². The molecule has 18 heavy (non-hydrogen) atoms. The molecule has 0 aliphatic heterocycles. The number of aryl methyl sites for hydroxylation is 3. The Labute approximate surface area is 106 Å². The number of hydrogen-bond acceptors (Lipinski definition) is 2. The summed E-state index contributed by atoms with van der Waals surface area (Å²) in [5.41, 5.74) is 6.67. The minimum Gasteiger partial charge on any atom is -0.334 e. The smallest absolute Gasteiger partial charge is 0.115 e. The molecule has 0 bridgehead atoms. The summed E-state index contributed by atoms with van der Waals surface area (Å²) >= 11 is 0. The van der Waals surface area contributed by atoms with Gasteiger partial charge in [-0.05, 0) is 32.0 Å². The molecule has 3 heteroatoms. The van der Waals surface area contributed by atoms with Gasteiger partial charge < -0.3 is 4.57 Å². The van der Waals surface area contributed by atoms with E-state index in [9.17, 15) is 0 Å². The van der Waals surface area contributed by atoms with Crippen molar-refractivity contribution in [1.29, 1.82) is 0 Å². The third kappa shape index (κ3) is 1.68. The van der Waals surface area contributed by atoms with Crippen LogP contribution in [0.25, 0.3) is 22.3 Å². The van der Waals surface area contributed by atoms with Crippen LogP contribution in [0.5, 0.6) is 0 Å². The van der Waals surface area contributed by atoms with Gasteiger partial charge in [0.15, 0.2) is 0 Å². The molecule has 0 amide bonds. The van der Waals surface area contributed by atoms with Crippen LogP contribution in [0.2, 0.25) is 0 Å². The average molecular weight is 237 g/mol. The molecule has 3 aromatic rings. The third-order valence-corrected chi connectivity index (χ3v) is 3.14. The van der Waals surface area contributed by atoms with Gasteiger partial charge >= 0.3 is 0 Å². The van der Waals surface area contributed by atoms with Crippen molar-refractivity contribution in [3.63, 3.8) is 0 Å². The summed E-state index contributed by atoms with van der Waals surface area (Å²) in [6, 6.07) is 8.48. The van der Waals surface area contributed by atoms with Crippen molar-refractivity contribution in [2.45, 2.75) is 13.8 Å². The van der Waals surface area contributed by atoms with Crippen LogP contribution in [0.3, 0.4) is 0 Å². The van der Waals surface area contributed by atoms with Crippen molar-refractivity contribution in [3.8, 4) is 11.3 Å². The standard InChI is InChI=1S/C15H15N3/c1-10-6-11(2)8-12(7-10)14-15-13(4-5-16-14)18(3)9-17-15/h4-9H,1-3H3. The topological polar surface area (TPSA) is 30.7 Å². The van der Waals surface area contributed by atoms with Gasteiger partial charge in [0, 0.05) is 18.8 Å². The maximum Gasteiger partial charge on any atom is 0.115 e. The predicted molar refractivity (Wildman–Crippen MR) is 73.4 cm³/mol. The number of fused-ring (bicyclic) bond motifs is 1. The quantitative estimate of drug-likeness (QED) is 0.650. The first-order valence-corrected chi connectivity index (χ1v) is 6.00. The van der Waals surface area contributed by atoms with Gasteiger partial charge in [-0.25, -0.2) is 4.98 Å². The fraction of sp³-hybridized carbons (Fsp3) is 0.200. The van der Waals surface area contributed by atoms with E-state index in [4.69, 9.17) is 0 Å². The van der Waals surface area contributed by atoms with E-state index >= 15 is 0 Å². The molecule has 90 valence electrons. The molecule has 0 aliphatic carbocycles. The maximum atomic E-state index is 4.50. The normalized spacial score (nSPS) is 11.1. The summed E-state index contributed by atoms with van der Waals surface area (Å²) in [4.78, 5) is 8.95. The Morgan fingerprint density at radius 1 is 1.00 bits per heavy atom. The first-order chi connectivity index (χ1) is 8.65. The van der Waals surface area contributed by atoms with Crippen molar-refractivity contribution in [2.75, 3.05) is 0 Å². The van der Waals surface area contributed by atoms with Gasteiger partial charge in [-0.2, -0.15) is 0 Å². The lowest BCUT2D eigenvalue weighted by molar-refractivity contribution is 0.947. The lowest BCUT2D eigenvalue weighted by Gasteiger charge is -2.05. The van der Waals surface area contributed by atoms with Crippen LogP contribution in [0.15, 0.2) is 36.8 Å². The van der Waals surface area contributed by atoms with Gasteiger partial charge in [-0.15, -0.1) is 0 Å². The Morgan fingerprint density at radius 2 is 1.72 bits per heavy atom. The fourth-order valence-electron chi connectivity index (χ4n) is 2.38. The minimum absolute atomic E-state index is 0.958. The zero-order valence-electron chi connectivity index (χ0n) is 10.8. The minimum atomic E-state index is 0.958. The van der Waals surface area contributed by atoms with Gasteiger partial charge in [-0.1, -0.05) is 17.2 Å². The molecule has 0 unspecified atom stereocenters. The summed E-state index contributed by atoms with van der Waals surface area (Å²) in [5, 5.41) is 0. The molecular weight excluding hydrogens is 222 g/mol. The number of hydrogen-bond donors (Lipinski definition) is 0. The number of rotatable bonds is 1. The number of imidazole rings is 1. The monoisotopic (exact) mass is 237 g/mol. The molecule has 0 fully saturated rings. The fourth-order valence-corrected chi connectivity index (χ4v) is 2.38. The molecular formula is C15H15N3. The Morgan fingerprint density at radius 3 is 2.44 bits per heavy atom. The zero-order chi connectivity index (χ0) is 12.7. The molecule has 2 heterocycles. The van der Waals surface area contributed by atoms with E-state index in [0.717, 1.165) is 22.3 Å². The summed E-state index contributed by atoms with van der Waals surface area (Å²) in [6.07, 6.45) is 3.68. The number of benzene rings is 1. The molecule has 0 saturated carbocycles. The zero-order valence-corrected chi connectivity index (χ0v) is 10.8. The van der Waals surface area contributed by atoms with Crippen molar-refractivity contribution >= 4 is 11.0 Å². The molecule has 0 spiro atoms. The largest absolute Gasteiger partial charge is 0.334 e. The SMILES string of the molecule is Cc1cc(C)cc(-c2nccc3c2ncn3C)c1. The number of nitrogens with zero attached hydrogens (tertiary/aromatic N) is 3. The molecule has 0 saturated heterocycles. The summed E-state index contributed by atoms with van der Waals surface area (Å²) < 4.78 is 2.02. The second kappa shape index (κ2) is 3.95. The van der Waals surface area contributed by atoms with Crippen molar-refractivity contribution in [3.05, 3.63) is 47.9 Å². The first kappa shape index (κ1) is 11.0. The van der Waals surface area contributed by atoms with Gasteiger partial charge in [0.05, 0.1) is 17.5 Å². The molecule has 1 aromatic carbocycles. The summed E-state index contributed by atoms with van der Waals surface area (Å²) in [7, 11) is 2.00. The third-order valence-electron chi connectivity index (χ3n) is 3.14. The Kier molecular flexibility index (Phi) is 2.40. The Balaban J connectivity index is 2.31. The van der Waals surface area contributed by atoms with E-state index in [-0.39, 0.29) is 0 Å². The lowest BCUT2D eigenvalue weighted by atomic mass is 10.0. The Hall–Kier alpha value is -2.16. The maximum absolute atomic E-state index is 4.50. The molecule has 2 aromatic heterocycles. The van der Waals surface area contributed by atoms with E-state index in [1.54, 1.807) is 0 Å². The molecule has 3 nitrogen and oxygen atoms in total. The predicted octanol–water partition coefficient (Wildman–Crippen LogP) is 3.25. The highest BCUT2D eigenvalue weighted by Gasteiger charge is 2.09. The van der Waals surface area contributed by atoms with E-state index in [1.165, 1.54) is 11.1 Å². The van der Waals surface area contributed by atoms with E-state index in [0.29, 0.717) is 0 Å². The first-order valence-electron chi connectivity index (χ1n) is 6.00.